The van der Waals surface area contributed by atoms with Gasteiger partial charge < -0.3 is 5.32 Å². The third kappa shape index (κ3) is 3.70. The van der Waals surface area contributed by atoms with Crippen molar-refractivity contribution >= 4 is 21.8 Å². The highest BCUT2D eigenvalue weighted by atomic mass is 79.9. The predicted molar refractivity (Wildman–Crippen MR) is 76.1 cm³/mol. The first-order valence-electron chi connectivity index (χ1n) is 5.80. The van der Waals surface area contributed by atoms with E-state index in [1.165, 1.54) is 0 Å². The maximum Gasteiger partial charge on any atom is 0.224 e. The molecule has 0 aliphatic carbocycles. The maximum atomic E-state index is 11.8. The Morgan fingerprint density at radius 3 is 2.39 bits per heavy atom. The fourth-order valence-corrected chi connectivity index (χ4v) is 2.10. The average molecular weight is 304 g/mol. The summed E-state index contributed by atoms with van der Waals surface area (Å²) >= 11 is 3.44. The topological polar surface area (TPSA) is 29.1 Å². The number of carbonyl (C=O) groups is 1. The third-order valence-corrected chi connectivity index (χ3v) is 3.41. The number of rotatable bonds is 4. The molecule has 1 amide bonds. The molecule has 0 bridgehead atoms. The second-order valence-corrected chi connectivity index (χ2v) is 4.88. The molecular formula is C15H14BrNO. The van der Waals surface area contributed by atoms with Gasteiger partial charge in [-0.15, -0.1) is 0 Å². The molecule has 0 fully saturated rings. The van der Waals surface area contributed by atoms with Gasteiger partial charge in [0.15, 0.2) is 0 Å². The van der Waals surface area contributed by atoms with Crippen molar-refractivity contribution in [2.45, 2.75) is 13.0 Å². The zero-order valence-electron chi connectivity index (χ0n) is 9.90. The summed E-state index contributed by atoms with van der Waals surface area (Å²) in [6.45, 7) is 0.574. The van der Waals surface area contributed by atoms with E-state index in [2.05, 4.69) is 21.2 Å². The van der Waals surface area contributed by atoms with Crippen molar-refractivity contribution in [3.63, 3.8) is 0 Å². The van der Waals surface area contributed by atoms with Crippen molar-refractivity contribution in [2.75, 3.05) is 0 Å². The molecule has 0 atom stereocenters. The van der Waals surface area contributed by atoms with Crippen LogP contribution in [0.2, 0.25) is 0 Å². The minimum atomic E-state index is 0.0331. The monoisotopic (exact) mass is 303 g/mol. The number of hydrogen-bond donors (Lipinski definition) is 1. The van der Waals surface area contributed by atoms with Gasteiger partial charge in [0.1, 0.15) is 0 Å². The lowest BCUT2D eigenvalue weighted by atomic mass is 10.1. The molecule has 0 aliphatic heterocycles. The van der Waals surface area contributed by atoms with E-state index in [1.54, 1.807) is 0 Å². The van der Waals surface area contributed by atoms with Crippen LogP contribution in [-0.4, -0.2) is 5.91 Å². The van der Waals surface area contributed by atoms with Crippen molar-refractivity contribution in [3.8, 4) is 0 Å². The number of halogens is 1. The largest absolute Gasteiger partial charge is 0.352 e. The summed E-state index contributed by atoms with van der Waals surface area (Å²) in [5.74, 6) is 0.0331. The van der Waals surface area contributed by atoms with E-state index in [0.29, 0.717) is 13.0 Å². The van der Waals surface area contributed by atoms with Gasteiger partial charge in [-0.25, -0.2) is 0 Å². The van der Waals surface area contributed by atoms with E-state index in [0.717, 1.165) is 15.6 Å². The van der Waals surface area contributed by atoms with Crippen LogP contribution in [0.4, 0.5) is 0 Å². The summed E-state index contributed by atoms with van der Waals surface area (Å²) in [5.41, 5.74) is 2.11. The Balaban J connectivity index is 1.88. The molecule has 0 saturated heterocycles. The van der Waals surface area contributed by atoms with Crippen LogP contribution in [0.1, 0.15) is 11.1 Å². The zero-order chi connectivity index (χ0) is 12.8. The Hall–Kier alpha value is -1.61. The molecule has 2 aromatic carbocycles. The van der Waals surface area contributed by atoms with Gasteiger partial charge in [0.2, 0.25) is 5.91 Å². The van der Waals surface area contributed by atoms with Crippen LogP contribution >= 0.6 is 15.9 Å². The lowest BCUT2D eigenvalue weighted by molar-refractivity contribution is -0.120. The molecule has 1 N–H and O–H groups in total. The molecule has 0 saturated carbocycles. The lowest BCUT2D eigenvalue weighted by Crippen LogP contribution is -2.24. The van der Waals surface area contributed by atoms with Gasteiger partial charge in [0.25, 0.3) is 0 Å². The van der Waals surface area contributed by atoms with Crippen LogP contribution in [0.5, 0.6) is 0 Å². The van der Waals surface area contributed by atoms with Crippen LogP contribution < -0.4 is 5.32 Å². The third-order valence-electron chi connectivity index (χ3n) is 2.64. The van der Waals surface area contributed by atoms with Gasteiger partial charge in [-0.05, 0) is 17.2 Å². The highest BCUT2D eigenvalue weighted by Gasteiger charge is 2.05. The molecule has 2 nitrogen and oxygen atoms in total. The quantitative estimate of drug-likeness (QED) is 0.922. The smallest absolute Gasteiger partial charge is 0.224 e. The Bertz CT molecular complexity index is 525. The van der Waals surface area contributed by atoms with E-state index >= 15 is 0 Å². The average Bonchev–Trinajstić information content (AvgIpc) is 2.40. The molecular weight excluding hydrogens is 290 g/mol. The van der Waals surface area contributed by atoms with E-state index in [9.17, 15) is 4.79 Å². The summed E-state index contributed by atoms with van der Waals surface area (Å²) in [5, 5.41) is 2.91. The first kappa shape index (κ1) is 12.8. The fraction of sp³-hybridized carbons (Fsp3) is 0.133. The Labute approximate surface area is 115 Å². The Morgan fingerprint density at radius 2 is 1.67 bits per heavy atom. The molecule has 18 heavy (non-hydrogen) atoms. The number of amides is 1. The van der Waals surface area contributed by atoms with Crippen LogP contribution in [0.25, 0.3) is 0 Å². The maximum absolute atomic E-state index is 11.8. The predicted octanol–water partition coefficient (Wildman–Crippen LogP) is 3.31. The summed E-state index contributed by atoms with van der Waals surface area (Å²) in [6.07, 6.45) is 0.397. The lowest BCUT2D eigenvalue weighted by Gasteiger charge is -2.06. The standard InChI is InChI=1S/C15H14BrNO/c16-14-9-5-4-8-13(14)10-15(18)17-11-12-6-2-1-3-7-12/h1-9H,10-11H2,(H,17,18). The normalized spacial score (nSPS) is 10.1. The minimum absolute atomic E-state index is 0.0331. The van der Waals surface area contributed by atoms with E-state index in [1.807, 2.05) is 54.6 Å². The van der Waals surface area contributed by atoms with Gasteiger partial charge in [0.05, 0.1) is 6.42 Å². The molecule has 2 aromatic rings. The number of nitrogens with one attached hydrogen (secondary N) is 1. The van der Waals surface area contributed by atoms with Gasteiger partial charge in [-0.1, -0.05) is 64.5 Å². The number of hydrogen-bond acceptors (Lipinski definition) is 1. The molecule has 92 valence electrons. The zero-order valence-corrected chi connectivity index (χ0v) is 11.5. The molecule has 2 rings (SSSR count). The molecule has 0 radical (unpaired) electrons. The second-order valence-electron chi connectivity index (χ2n) is 4.03. The fourth-order valence-electron chi connectivity index (χ4n) is 1.67. The first-order chi connectivity index (χ1) is 8.75. The van der Waals surface area contributed by atoms with Crippen molar-refractivity contribution in [1.29, 1.82) is 0 Å². The van der Waals surface area contributed by atoms with Gasteiger partial charge in [-0.3, -0.25) is 4.79 Å². The van der Waals surface area contributed by atoms with Crippen LogP contribution in [0, 0.1) is 0 Å². The van der Waals surface area contributed by atoms with Crippen molar-refractivity contribution in [1.82, 2.24) is 5.32 Å². The first-order valence-corrected chi connectivity index (χ1v) is 6.59. The Kier molecular flexibility index (Phi) is 4.53. The summed E-state index contributed by atoms with van der Waals surface area (Å²) in [4.78, 5) is 11.8. The number of benzene rings is 2. The van der Waals surface area contributed by atoms with Crippen molar-refractivity contribution in [2.24, 2.45) is 0 Å². The minimum Gasteiger partial charge on any atom is -0.352 e. The van der Waals surface area contributed by atoms with Crippen LogP contribution in [0.3, 0.4) is 0 Å². The summed E-state index contributed by atoms with van der Waals surface area (Å²) < 4.78 is 0.972. The van der Waals surface area contributed by atoms with E-state index in [4.69, 9.17) is 0 Å². The van der Waals surface area contributed by atoms with Gasteiger partial charge in [0, 0.05) is 11.0 Å². The van der Waals surface area contributed by atoms with Gasteiger partial charge in [-0.2, -0.15) is 0 Å². The SMILES string of the molecule is O=C(Cc1ccccc1Br)NCc1ccccc1. The molecule has 3 heteroatoms. The van der Waals surface area contributed by atoms with E-state index in [-0.39, 0.29) is 5.91 Å². The highest BCUT2D eigenvalue weighted by molar-refractivity contribution is 9.10. The number of carbonyl (C=O) groups excluding carboxylic acids is 1. The molecule has 0 spiro atoms. The van der Waals surface area contributed by atoms with E-state index < -0.39 is 0 Å². The summed E-state index contributed by atoms with van der Waals surface area (Å²) in [6, 6.07) is 17.7. The van der Waals surface area contributed by atoms with Gasteiger partial charge >= 0.3 is 0 Å². The summed E-state index contributed by atoms with van der Waals surface area (Å²) in [7, 11) is 0. The van der Waals surface area contributed by atoms with Crippen LogP contribution in [0.15, 0.2) is 59.1 Å². The second kappa shape index (κ2) is 6.36. The van der Waals surface area contributed by atoms with Crippen LogP contribution in [-0.2, 0) is 17.8 Å². The highest BCUT2D eigenvalue weighted by Crippen LogP contribution is 2.16. The van der Waals surface area contributed by atoms with Crippen molar-refractivity contribution < 1.29 is 4.79 Å². The molecule has 0 heterocycles. The molecule has 0 unspecified atom stereocenters. The molecule has 0 aliphatic rings. The Morgan fingerprint density at radius 1 is 1.00 bits per heavy atom. The molecule has 0 aromatic heterocycles. The van der Waals surface area contributed by atoms with Crippen molar-refractivity contribution in [3.05, 3.63) is 70.2 Å².